The second kappa shape index (κ2) is 6.55. The van der Waals surface area contributed by atoms with Crippen LogP contribution in [-0.2, 0) is 16.0 Å². The summed E-state index contributed by atoms with van der Waals surface area (Å²) >= 11 is 0. The quantitative estimate of drug-likeness (QED) is 0.829. The third-order valence-corrected chi connectivity index (χ3v) is 3.64. The molecule has 0 spiro atoms. The molecule has 0 radical (unpaired) electrons. The topological polar surface area (TPSA) is 38.3 Å². The van der Waals surface area contributed by atoms with Gasteiger partial charge in [0.05, 0.1) is 13.0 Å². The highest BCUT2D eigenvalue weighted by atomic mass is 16.5. The first-order chi connectivity index (χ1) is 8.81. The highest BCUT2D eigenvalue weighted by Crippen LogP contribution is 2.20. The molecular weight excluding hydrogens is 226 g/mol. The molecule has 2 atom stereocenters. The van der Waals surface area contributed by atoms with Gasteiger partial charge in [0.1, 0.15) is 0 Å². The van der Waals surface area contributed by atoms with Crippen LogP contribution in [0.25, 0.3) is 0 Å². The highest BCUT2D eigenvalue weighted by Gasteiger charge is 2.30. The van der Waals surface area contributed by atoms with Gasteiger partial charge in [-0.05, 0) is 31.4 Å². The monoisotopic (exact) mass is 247 g/mol. The van der Waals surface area contributed by atoms with Gasteiger partial charge in [0, 0.05) is 6.04 Å². The third kappa shape index (κ3) is 3.33. The summed E-state index contributed by atoms with van der Waals surface area (Å²) in [6, 6.07) is 10.4. The molecule has 1 saturated heterocycles. The molecule has 1 N–H and O–H groups in total. The van der Waals surface area contributed by atoms with E-state index < -0.39 is 0 Å². The van der Waals surface area contributed by atoms with Gasteiger partial charge < -0.3 is 10.1 Å². The van der Waals surface area contributed by atoms with Crippen LogP contribution in [0.2, 0.25) is 0 Å². The van der Waals surface area contributed by atoms with Crippen LogP contribution in [0.5, 0.6) is 0 Å². The summed E-state index contributed by atoms with van der Waals surface area (Å²) in [6.45, 7) is 1.01. The molecule has 3 heteroatoms. The summed E-state index contributed by atoms with van der Waals surface area (Å²) in [5.41, 5.74) is 1.19. The van der Waals surface area contributed by atoms with E-state index in [1.807, 2.05) is 18.2 Å². The first kappa shape index (κ1) is 13.1. The minimum absolute atomic E-state index is 0.0716. The summed E-state index contributed by atoms with van der Waals surface area (Å²) in [5.74, 6) is -0.170. The maximum absolute atomic E-state index is 12.0. The first-order valence-corrected chi connectivity index (χ1v) is 6.66. The predicted molar refractivity (Wildman–Crippen MR) is 71.3 cm³/mol. The van der Waals surface area contributed by atoms with Crippen molar-refractivity contribution in [3.63, 3.8) is 0 Å². The van der Waals surface area contributed by atoms with Crippen LogP contribution < -0.4 is 5.32 Å². The van der Waals surface area contributed by atoms with Crippen molar-refractivity contribution in [3.05, 3.63) is 35.9 Å². The van der Waals surface area contributed by atoms with Gasteiger partial charge in [-0.3, -0.25) is 4.79 Å². The third-order valence-electron chi connectivity index (χ3n) is 3.64. The molecule has 2 rings (SSSR count). The van der Waals surface area contributed by atoms with E-state index in [1.165, 1.54) is 25.5 Å². The molecule has 1 unspecified atom stereocenters. The minimum atomic E-state index is -0.0988. The molecule has 3 nitrogen and oxygen atoms in total. The van der Waals surface area contributed by atoms with Gasteiger partial charge in [-0.1, -0.05) is 36.8 Å². The number of benzene rings is 1. The normalized spacial score (nSPS) is 21.3. The number of carbonyl (C=O) groups is 1. The second-order valence-electron chi connectivity index (χ2n) is 4.88. The molecule has 1 aliphatic rings. The molecule has 1 aromatic carbocycles. The molecule has 1 aliphatic heterocycles. The van der Waals surface area contributed by atoms with E-state index in [1.54, 1.807) is 0 Å². The molecule has 0 aliphatic carbocycles. The van der Waals surface area contributed by atoms with E-state index in [-0.39, 0.29) is 17.9 Å². The van der Waals surface area contributed by atoms with Crippen molar-refractivity contribution in [2.75, 3.05) is 13.7 Å². The summed E-state index contributed by atoms with van der Waals surface area (Å²) in [4.78, 5) is 12.0. The van der Waals surface area contributed by atoms with Crippen LogP contribution >= 0.6 is 0 Å². The van der Waals surface area contributed by atoms with E-state index in [0.717, 1.165) is 19.4 Å². The summed E-state index contributed by atoms with van der Waals surface area (Å²) < 4.78 is 4.96. The van der Waals surface area contributed by atoms with Crippen LogP contribution in [0.4, 0.5) is 0 Å². The van der Waals surface area contributed by atoms with Gasteiger partial charge in [-0.2, -0.15) is 0 Å². The Morgan fingerprint density at radius 1 is 1.39 bits per heavy atom. The van der Waals surface area contributed by atoms with Crippen LogP contribution in [0, 0.1) is 5.92 Å². The zero-order chi connectivity index (χ0) is 12.8. The first-order valence-electron chi connectivity index (χ1n) is 6.66. The Bertz CT molecular complexity index is 371. The van der Waals surface area contributed by atoms with Crippen molar-refractivity contribution in [2.24, 2.45) is 5.92 Å². The van der Waals surface area contributed by atoms with Crippen molar-refractivity contribution in [1.82, 2.24) is 5.32 Å². The Kier molecular flexibility index (Phi) is 4.76. The van der Waals surface area contributed by atoms with E-state index in [2.05, 4.69) is 17.4 Å². The Labute approximate surface area is 109 Å². The number of rotatable bonds is 4. The molecule has 18 heavy (non-hydrogen) atoms. The average Bonchev–Trinajstić information content (AvgIpc) is 2.46. The van der Waals surface area contributed by atoms with Crippen LogP contribution in [0.1, 0.15) is 24.8 Å². The van der Waals surface area contributed by atoms with Gasteiger partial charge >= 0.3 is 5.97 Å². The highest BCUT2D eigenvalue weighted by molar-refractivity contribution is 5.73. The Morgan fingerprint density at radius 2 is 2.17 bits per heavy atom. The predicted octanol–water partition coefficient (Wildman–Crippen LogP) is 2.16. The standard InChI is InChI=1S/C15H21NO2/c1-18-15(17)13(14-9-5-6-10-16-14)11-12-7-3-2-4-8-12/h2-4,7-8,13-14,16H,5-6,9-11H2,1H3/t13-,14?/m0/s1. The van der Waals surface area contributed by atoms with Gasteiger partial charge in [-0.15, -0.1) is 0 Å². The number of esters is 1. The van der Waals surface area contributed by atoms with Gasteiger partial charge in [0.2, 0.25) is 0 Å². The second-order valence-corrected chi connectivity index (χ2v) is 4.88. The van der Waals surface area contributed by atoms with Crippen molar-refractivity contribution in [1.29, 1.82) is 0 Å². The Morgan fingerprint density at radius 3 is 2.78 bits per heavy atom. The lowest BCUT2D eigenvalue weighted by atomic mass is 9.87. The fourth-order valence-corrected chi connectivity index (χ4v) is 2.63. The van der Waals surface area contributed by atoms with Crippen molar-refractivity contribution >= 4 is 5.97 Å². The lowest BCUT2D eigenvalue weighted by Crippen LogP contribution is -2.44. The van der Waals surface area contributed by atoms with E-state index in [4.69, 9.17) is 4.74 Å². The van der Waals surface area contributed by atoms with Crippen molar-refractivity contribution in [2.45, 2.75) is 31.7 Å². The zero-order valence-electron chi connectivity index (χ0n) is 10.9. The maximum Gasteiger partial charge on any atom is 0.310 e. The summed E-state index contributed by atoms with van der Waals surface area (Å²) in [6.07, 6.45) is 4.22. The number of hydrogen-bond acceptors (Lipinski definition) is 3. The molecule has 0 bridgehead atoms. The molecule has 0 aromatic heterocycles. The van der Waals surface area contributed by atoms with Crippen molar-refractivity contribution < 1.29 is 9.53 Å². The molecular formula is C15H21NO2. The number of nitrogens with one attached hydrogen (secondary N) is 1. The number of hydrogen-bond donors (Lipinski definition) is 1. The van der Waals surface area contributed by atoms with Gasteiger partial charge in [0.15, 0.2) is 0 Å². The smallest absolute Gasteiger partial charge is 0.310 e. The molecule has 1 heterocycles. The number of carbonyl (C=O) groups excluding carboxylic acids is 1. The molecule has 1 aromatic rings. The van der Waals surface area contributed by atoms with Gasteiger partial charge in [0.25, 0.3) is 0 Å². The molecule has 0 saturated carbocycles. The SMILES string of the molecule is COC(=O)[C@@H](Cc1ccccc1)C1CCCCN1. The number of piperidine rings is 1. The molecule has 0 amide bonds. The molecule has 1 fully saturated rings. The Balaban J connectivity index is 2.07. The van der Waals surface area contributed by atoms with E-state index in [0.29, 0.717) is 0 Å². The fraction of sp³-hybridized carbons (Fsp3) is 0.533. The maximum atomic E-state index is 12.0. The number of ether oxygens (including phenoxy) is 1. The van der Waals surface area contributed by atoms with Crippen LogP contribution in [-0.4, -0.2) is 25.7 Å². The summed E-state index contributed by atoms with van der Waals surface area (Å²) in [5, 5.41) is 3.45. The minimum Gasteiger partial charge on any atom is -0.469 e. The van der Waals surface area contributed by atoms with Crippen molar-refractivity contribution in [3.8, 4) is 0 Å². The van der Waals surface area contributed by atoms with E-state index in [9.17, 15) is 4.79 Å². The molecule has 98 valence electrons. The summed E-state index contributed by atoms with van der Waals surface area (Å²) in [7, 11) is 1.48. The Hall–Kier alpha value is -1.35. The lowest BCUT2D eigenvalue weighted by Gasteiger charge is -2.29. The largest absolute Gasteiger partial charge is 0.469 e. The van der Waals surface area contributed by atoms with E-state index >= 15 is 0 Å². The fourth-order valence-electron chi connectivity index (χ4n) is 2.63. The van der Waals surface area contributed by atoms with Crippen LogP contribution in [0.3, 0.4) is 0 Å². The van der Waals surface area contributed by atoms with Gasteiger partial charge in [-0.25, -0.2) is 0 Å². The zero-order valence-corrected chi connectivity index (χ0v) is 10.9. The lowest BCUT2D eigenvalue weighted by molar-refractivity contribution is -0.146. The average molecular weight is 247 g/mol. The van der Waals surface area contributed by atoms with Crippen LogP contribution in [0.15, 0.2) is 30.3 Å². The number of methoxy groups -OCH3 is 1.